The van der Waals surface area contributed by atoms with E-state index in [0.717, 1.165) is 37.1 Å². The zero-order valence-electron chi connectivity index (χ0n) is 14.6. The Balaban J connectivity index is 1.53. The molecule has 4 N–H and O–H groups in total. The molecule has 1 aliphatic rings. The fraction of sp³-hybridized carbons (Fsp3) is 0.300. The van der Waals surface area contributed by atoms with Crippen molar-refractivity contribution in [3.63, 3.8) is 0 Å². The normalized spacial score (nSPS) is 19.2. The van der Waals surface area contributed by atoms with Crippen molar-refractivity contribution in [2.45, 2.75) is 37.8 Å². The summed E-state index contributed by atoms with van der Waals surface area (Å²) in [5.74, 6) is 0. The highest BCUT2D eigenvalue weighted by atomic mass is 16.2. The predicted octanol–water partition coefficient (Wildman–Crippen LogP) is 3.94. The minimum absolute atomic E-state index is 0.0889. The Morgan fingerprint density at radius 3 is 1.42 bits per heavy atom. The lowest BCUT2D eigenvalue weighted by atomic mass is 9.90. The number of rotatable bonds is 4. The SMILES string of the molecule is O=C(Nc1ccccc1)N[C@@H]1CCCC[C@H]1NC(=O)Nc1ccccc1. The van der Waals surface area contributed by atoms with Gasteiger partial charge in [-0.15, -0.1) is 0 Å². The van der Waals surface area contributed by atoms with Gasteiger partial charge >= 0.3 is 12.1 Å². The average Bonchev–Trinajstić information content (AvgIpc) is 2.65. The molecule has 4 amide bonds. The van der Waals surface area contributed by atoms with E-state index in [2.05, 4.69) is 21.3 Å². The fourth-order valence-electron chi connectivity index (χ4n) is 3.19. The van der Waals surface area contributed by atoms with Gasteiger partial charge in [-0.05, 0) is 37.1 Å². The highest BCUT2D eigenvalue weighted by Gasteiger charge is 2.27. The van der Waals surface area contributed by atoms with Crippen LogP contribution in [0.3, 0.4) is 0 Å². The van der Waals surface area contributed by atoms with Crippen molar-refractivity contribution in [3.05, 3.63) is 60.7 Å². The predicted molar refractivity (Wildman–Crippen MR) is 103 cm³/mol. The van der Waals surface area contributed by atoms with Crippen molar-refractivity contribution in [1.29, 1.82) is 0 Å². The first-order chi connectivity index (χ1) is 12.7. The van der Waals surface area contributed by atoms with E-state index in [-0.39, 0.29) is 24.1 Å². The van der Waals surface area contributed by atoms with Crippen LogP contribution in [0.2, 0.25) is 0 Å². The van der Waals surface area contributed by atoms with Gasteiger partial charge in [0.05, 0.1) is 12.1 Å². The standard InChI is InChI=1S/C20H24N4O2/c25-19(21-15-9-3-1-4-10-15)23-17-13-7-8-14-18(17)24-20(26)22-16-11-5-2-6-12-16/h1-6,9-12,17-18H,7-8,13-14H2,(H2,21,23,25)(H2,22,24,26)/t17-,18-/m1/s1. The van der Waals surface area contributed by atoms with E-state index in [0.29, 0.717) is 0 Å². The van der Waals surface area contributed by atoms with Gasteiger partial charge in [0.2, 0.25) is 0 Å². The van der Waals surface area contributed by atoms with Gasteiger partial charge in [-0.1, -0.05) is 49.2 Å². The number of nitrogens with one attached hydrogen (secondary N) is 4. The van der Waals surface area contributed by atoms with E-state index in [1.54, 1.807) is 0 Å². The number of carbonyl (C=O) groups is 2. The Morgan fingerprint density at radius 1 is 0.654 bits per heavy atom. The number of amides is 4. The molecule has 2 aromatic rings. The first-order valence-corrected chi connectivity index (χ1v) is 8.96. The Bertz CT molecular complexity index is 658. The maximum Gasteiger partial charge on any atom is 0.319 e. The second-order valence-corrected chi connectivity index (χ2v) is 6.43. The Labute approximate surface area is 153 Å². The summed E-state index contributed by atoms with van der Waals surface area (Å²) in [6, 6.07) is 17.9. The smallest absolute Gasteiger partial charge is 0.319 e. The molecule has 1 fully saturated rings. The van der Waals surface area contributed by atoms with Gasteiger partial charge in [-0.2, -0.15) is 0 Å². The van der Waals surface area contributed by atoms with Crippen molar-refractivity contribution >= 4 is 23.4 Å². The largest absolute Gasteiger partial charge is 0.333 e. The van der Waals surface area contributed by atoms with Crippen molar-refractivity contribution in [2.75, 3.05) is 10.6 Å². The number of urea groups is 2. The van der Waals surface area contributed by atoms with Crippen LogP contribution in [-0.4, -0.2) is 24.1 Å². The molecule has 2 aromatic carbocycles. The minimum Gasteiger partial charge on any atom is -0.333 e. The monoisotopic (exact) mass is 352 g/mol. The molecule has 0 radical (unpaired) electrons. The lowest BCUT2D eigenvalue weighted by molar-refractivity contribution is 0.225. The van der Waals surface area contributed by atoms with E-state index in [4.69, 9.17) is 0 Å². The van der Waals surface area contributed by atoms with Crippen molar-refractivity contribution in [1.82, 2.24) is 10.6 Å². The van der Waals surface area contributed by atoms with Crippen LogP contribution in [0.25, 0.3) is 0 Å². The molecule has 0 spiro atoms. The van der Waals surface area contributed by atoms with Crippen molar-refractivity contribution in [2.24, 2.45) is 0 Å². The summed E-state index contributed by atoms with van der Waals surface area (Å²) < 4.78 is 0. The molecule has 2 atom stereocenters. The summed E-state index contributed by atoms with van der Waals surface area (Å²) in [5.41, 5.74) is 1.49. The Morgan fingerprint density at radius 2 is 1.04 bits per heavy atom. The molecule has 3 rings (SSSR count). The van der Waals surface area contributed by atoms with Crippen molar-refractivity contribution in [3.8, 4) is 0 Å². The molecule has 1 saturated carbocycles. The molecule has 6 nitrogen and oxygen atoms in total. The second-order valence-electron chi connectivity index (χ2n) is 6.43. The lowest BCUT2D eigenvalue weighted by Gasteiger charge is -2.32. The third kappa shape index (κ3) is 5.24. The van der Waals surface area contributed by atoms with Crippen LogP contribution in [0, 0.1) is 0 Å². The van der Waals surface area contributed by atoms with Crippen LogP contribution in [0.15, 0.2) is 60.7 Å². The molecule has 26 heavy (non-hydrogen) atoms. The second kappa shape index (κ2) is 8.89. The summed E-state index contributed by atoms with van der Waals surface area (Å²) in [6.07, 6.45) is 3.76. The van der Waals surface area contributed by atoms with Gasteiger partial charge in [0.25, 0.3) is 0 Å². The quantitative estimate of drug-likeness (QED) is 0.672. The zero-order chi connectivity index (χ0) is 18.2. The number of para-hydroxylation sites is 2. The first kappa shape index (κ1) is 17.8. The number of hydrogen-bond donors (Lipinski definition) is 4. The van der Waals surface area contributed by atoms with Crippen LogP contribution >= 0.6 is 0 Å². The van der Waals surface area contributed by atoms with Gasteiger partial charge < -0.3 is 21.3 Å². The maximum atomic E-state index is 12.3. The fourth-order valence-corrected chi connectivity index (χ4v) is 3.19. The Hall–Kier alpha value is -3.02. The van der Waals surface area contributed by atoms with E-state index in [1.807, 2.05) is 60.7 Å². The molecule has 1 aliphatic carbocycles. The first-order valence-electron chi connectivity index (χ1n) is 8.96. The minimum atomic E-state index is -0.252. The van der Waals surface area contributed by atoms with Gasteiger partial charge in [0.1, 0.15) is 0 Å². The van der Waals surface area contributed by atoms with Crippen molar-refractivity contribution < 1.29 is 9.59 Å². The number of benzene rings is 2. The van der Waals surface area contributed by atoms with Gasteiger partial charge in [0.15, 0.2) is 0 Å². The molecule has 0 bridgehead atoms. The summed E-state index contributed by atoms with van der Waals surface area (Å²) in [5, 5.41) is 11.6. The van der Waals surface area contributed by atoms with Crippen LogP contribution in [0.5, 0.6) is 0 Å². The summed E-state index contributed by atoms with van der Waals surface area (Å²) in [4.78, 5) is 24.5. The topological polar surface area (TPSA) is 82.3 Å². The Kier molecular flexibility index (Phi) is 6.09. The lowest BCUT2D eigenvalue weighted by Crippen LogP contribution is -2.54. The molecule has 0 saturated heterocycles. The van der Waals surface area contributed by atoms with Crippen LogP contribution < -0.4 is 21.3 Å². The highest BCUT2D eigenvalue weighted by Crippen LogP contribution is 2.19. The van der Waals surface area contributed by atoms with Crippen LogP contribution in [0.1, 0.15) is 25.7 Å². The summed E-state index contributed by atoms with van der Waals surface area (Å²) in [6.45, 7) is 0. The zero-order valence-corrected chi connectivity index (χ0v) is 14.6. The molecule has 0 aromatic heterocycles. The van der Waals surface area contributed by atoms with Crippen LogP contribution in [-0.2, 0) is 0 Å². The van der Waals surface area contributed by atoms with E-state index < -0.39 is 0 Å². The maximum absolute atomic E-state index is 12.3. The third-order valence-electron chi connectivity index (χ3n) is 4.46. The molecule has 136 valence electrons. The summed E-state index contributed by atoms with van der Waals surface area (Å²) >= 11 is 0. The molecule has 0 aliphatic heterocycles. The van der Waals surface area contributed by atoms with Gasteiger partial charge in [-0.25, -0.2) is 9.59 Å². The van der Waals surface area contributed by atoms with E-state index in [1.165, 1.54) is 0 Å². The molecular formula is C20H24N4O2. The highest BCUT2D eigenvalue weighted by molar-refractivity contribution is 5.90. The van der Waals surface area contributed by atoms with Gasteiger partial charge in [-0.3, -0.25) is 0 Å². The number of hydrogen-bond acceptors (Lipinski definition) is 2. The summed E-state index contributed by atoms with van der Waals surface area (Å²) in [7, 11) is 0. The van der Waals surface area contributed by atoms with E-state index >= 15 is 0 Å². The molecule has 6 heteroatoms. The van der Waals surface area contributed by atoms with Gasteiger partial charge in [0, 0.05) is 11.4 Å². The van der Waals surface area contributed by atoms with E-state index in [9.17, 15) is 9.59 Å². The molecule has 0 unspecified atom stereocenters. The molecule has 0 heterocycles. The third-order valence-corrected chi connectivity index (χ3v) is 4.46. The number of carbonyl (C=O) groups excluding carboxylic acids is 2. The molecular weight excluding hydrogens is 328 g/mol. The number of anilines is 2. The average molecular weight is 352 g/mol. The van der Waals surface area contributed by atoms with Crippen LogP contribution in [0.4, 0.5) is 21.0 Å².